The van der Waals surface area contributed by atoms with Crippen LogP contribution >= 0.6 is 0 Å². The van der Waals surface area contributed by atoms with Gasteiger partial charge in [0.05, 0.1) is 0 Å². The number of carbonyl (C=O) groups is 1. The van der Waals surface area contributed by atoms with Crippen LogP contribution in [0.1, 0.15) is 213 Å². The molecule has 0 aliphatic rings. The maximum absolute atomic E-state index is 12.6. The molecule has 3 nitrogen and oxygen atoms in total. The maximum Gasteiger partial charge on any atom is 0.335 e. The van der Waals surface area contributed by atoms with E-state index in [2.05, 4.69) is 20.8 Å². The van der Waals surface area contributed by atoms with Gasteiger partial charge in [0.2, 0.25) is 0 Å². The second-order valence-electron chi connectivity index (χ2n) is 12.4. The molecule has 234 valence electrons. The lowest BCUT2D eigenvalue weighted by Gasteiger charge is -2.20. The van der Waals surface area contributed by atoms with E-state index in [0.717, 1.165) is 38.5 Å². The van der Waals surface area contributed by atoms with Gasteiger partial charge in [-0.3, -0.25) is 0 Å². The van der Waals surface area contributed by atoms with Crippen LogP contribution in [0.2, 0.25) is 0 Å². The van der Waals surface area contributed by atoms with Gasteiger partial charge in [-0.05, 0) is 32.1 Å². The standard InChI is InChI=1S/C36H72O3/c1-4-7-10-13-15-17-18-19-20-21-22-24-27-30-33-35(37)36(38)39-34(31-28-25-12-9-6-3)32-29-26-23-16-14-11-8-5-2/h34-35,37H,4-33H2,1-3H3. The highest BCUT2D eigenvalue weighted by Gasteiger charge is 2.21. The van der Waals surface area contributed by atoms with Crippen molar-refractivity contribution < 1.29 is 14.6 Å². The molecule has 0 aromatic heterocycles. The Labute approximate surface area is 246 Å². The van der Waals surface area contributed by atoms with Crippen molar-refractivity contribution in [3.63, 3.8) is 0 Å². The van der Waals surface area contributed by atoms with E-state index >= 15 is 0 Å². The monoisotopic (exact) mass is 553 g/mol. The van der Waals surface area contributed by atoms with E-state index in [1.807, 2.05) is 0 Å². The Morgan fingerprint density at radius 2 is 0.692 bits per heavy atom. The number of aliphatic hydroxyl groups excluding tert-OH is 1. The van der Waals surface area contributed by atoms with E-state index in [9.17, 15) is 9.90 Å². The molecule has 0 fully saturated rings. The number of hydrogen-bond donors (Lipinski definition) is 1. The predicted octanol–water partition coefficient (Wildman–Crippen LogP) is 12.0. The van der Waals surface area contributed by atoms with Crippen LogP contribution in [0.5, 0.6) is 0 Å². The van der Waals surface area contributed by atoms with E-state index in [1.54, 1.807) is 0 Å². The number of unbranched alkanes of at least 4 members (excludes halogenated alkanes) is 24. The summed E-state index contributed by atoms with van der Waals surface area (Å²) in [6.45, 7) is 6.79. The molecular formula is C36H72O3. The van der Waals surface area contributed by atoms with E-state index in [1.165, 1.54) is 148 Å². The zero-order chi connectivity index (χ0) is 28.7. The van der Waals surface area contributed by atoms with Crippen LogP contribution in [0.3, 0.4) is 0 Å². The topological polar surface area (TPSA) is 46.5 Å². The highest BCUT2D eigenvalue weighted by atomic mass is 16.6. The van der Waals surface area contributed by atoms with Crippen molar-refractivity contribution in [1.29, 1.82) is 0 Å². The zero-order valence-electron chi connectivity index (χ0n) is 27.1. The Balaban J connectivity index is 3.94. The second-order valence-corrected chi connectivity index (χ2v) is 12.4. The molecule has 0 aromatic rings. The molecule has 0 aliphatic heterocycles. The fraction of sp³-hybridized carbons (Fsp3) is 0.972. The van der Waals surface area contributed by atoms with E-state index < -0.39 is 6.10 Å². The Kier molecular flexibility index (Phi) is 31.5. The first-order chi connectivity index (χ1) is 19.2. The number of esters is 1. The zero-order valence-corrected chi connectivity index (χ0v) is 27.1. The molecule has 0 amide bonds. The number of rotatable bonds is 32. The van der Waals surface area contributed by atoms with Crippen LogP contribution < -0.4 is 0 Å². The molecule has 1 N–H and O–H groups in total. The molecule has 0 spiro atoms. The Morgan fingerprint density at radius 1 is 0.436 bits per heavy atom. The van der Waals surface area contributed by atoms with Crippen LogP contribution in [0.4, 0.5) is 0 Å². The minimum atomic E-state index is -0.941. The fourth-order valence-corrected chi connectivity index (χ4v) is 5.64. The number of carbonyl (C=O) groups excluding carboxylic acids is 1. The summed E-state index contributed by atoms with van der Waals surface area (Å²) in [5.41, 5.74) is 0. The minimum Gasteiger partial charge on any atom is -0.460 e. The largest absolute Gasteiger partial charge is 0.460 e. The number of ether oxygens (including phenoxy) is 1. The first-order valence-corrected chi connectivity index (χ1v) is 18.0. The number of hydrogen-bond acceptors (Lipinski definition) is 3. The van der Waals surface area contributed by atoms with Crippen molar-refractivity contribution in [3.8, 4) is 0 Å². The smallest absolute Gasteiger partial charge is 0.335 e. The van der Waals surface area contributed by atoms with Crippen LogP contribution in [0.15, 0.2) is 0 Å². The van der Waals surface area contributed by atoms with Crippen LogP contribution in [-0.4, -0.2) is 23.3 Å². The lowest BCUT2D eigenvalue weighted by molar-refractivity contribution is -0.160. The Morgan fingerprint density at radius 3 is 1.00 bits per heavy atom. The van der Waals surface area contributed by atoms with Gasteiger partial charge in [0, 0.05) is 0 Å². The molecule has 0 saturated carbocycles. The molecule has 2 atom stereocenters. The third-order valence-corrected chi connectivity index (χ3v) is 8.40. The third-order valence-electron chi connectivity index (χ3n) is 8.40. The molecule has 0 bridgehead atoms. The highest BCUT2D eigenvalue weighted by molar-refractivity contribution is 5.74. The van der Waals surface area contributed by atoms with Gasteiger partial charge in [0.25, 0.3) is 0 Å². The molecule has 3 heteroatoms. The van der Waals surface area contributed by atoms with Gasteiger partial charge in [-0.15, -0.1) is 0 Å². The summed E-state index contributed by atoms with van der Waals surface area (Å²) in [7, 11) is 0. The summed E-state index contributed by atoms with van der Waals surface area (Å²) in [5, 5.41) is 10.4. The van der Waals surface area contributed by atoms with E-state index in [0.29, 0.717) is 6.42 Å². The van der Waals surface area contributed by atoms with Crippen molar-refractivity contribution in [3.05, 3.63) is 0 Å². The quantitative estimate of drug-likeness (QED) is 0.0666. The second kappa shape index (κ2) is 32.0. The molecule has 0 saturated heterocycles. The van der Waals surface area contributed by atoms with Crippen molar-refractivity contribution in [1.82, 2.24) is 0 Å². The van der Waals surface area contributed by atoms with Gasteiger partial charge in [0.1, 0.15) is 6.10 Å². The van der Waals surface area contributed by atoms with Gasteiger partial charge in [0.15, 0.2) is 6.10 Å². The Hall–Kier alpha value is -0.570. The molecule has 0 aromatic carbocycles. The van der Waals surface area contributed by atoms with Crippen LogP contribution in [0, 0.1) is 0 Å². The van der Waals surface area contributed by atoms with Gasteiger partial charge < -0.3 is 9.84 Å². The molecule has 0 aliphatic carbocycles. The average molecular weight is 553 g/mol. The van der Waals surface area contributed by atoms with Crippen molar-refractivity contribution >= 4 is 5.97 Å². The predicted molar refractivity (Wildman–Crippen MR) is 171 cm³/mol. The van der Waals surface area contributed by atoms with Crippen molar-refractivity contribution in [2.45, 2.75) is 226 Å². The average Bonchev–Trinajstić information content (AvgIpc) is 2.94. The fourth-order valence-electron chi connectivity index (χ4n) is 5.64. The first kappa shape index (κ1) is 38.4. The Bertz CT molecular complexity index is 478. The molecule has 39 heavy (non-hydrogen) atoms. The SMILES string of the molecule is CCCCCCCCCCCCCCCCC(O)C(=O)OC(CCCCCCC)CCCCCCCCCC. The summed E-state index contributed by atoms with van der Waals surface area (Å²) in [5.74, 6) is -0.372. The lowest BCUT2D eigenvalue weighted by atomic mass is 10.0. The first-order valence-electron chi connectivity index (χ1n) is 18.0. The van der Waals surface area contributed by atoms with Gasteiger partial charge >= 0.3 is 5.97 Å². The molecular weight excluding hydrogens is 480 g/mol. The molecule has 2 unspecified atom stereocenters. The van der Waals surface area contributed by atoms with Crippen molar-refractivity contribution in [2.24, 2.45) is 0 Å². The van der Waals surface area contributed by atoms with Crippen LogP contribution in [-0.2, 0) is 9.53 Å². The summed E-state index contributed by atoms with van der Waals surface area (Å²) in [6, 6.07) is 0. The summed E-state index contributed by atoms with van der Waals surface area (Å²) < 4.78 is 5.86. The van der Waals surface area contributed by atoms with Gasteiger partial charge in [-0.2, -0.15) is 0 Å². The summed E-state index contributed by atoms with van der Waals surface area (Å²) in [4.78, 5) is 12.6. The minimum absolute atomic E-state index is 0.00907. The van der Waals surface area contributed by atoms with Gasteiger partial charge in [-0.1, -0.05) is 181 Å². The van der Waals surface area contributed by atoms with Crippen LogP contribution in [0.25, 0.3) is 0 Å². The lowest BCUT2D eigenvalue weighted by Crippen LogP contribution is -2.28. The summed E-state index contributed by atoms with van der Waals surface area (Å²) >= 11 is 0. The summed E-state index contributed by atoms with van der Waals surface area (Å²) in [6.07, 6.45) is 36.5. The molecule has 0 radical (unpaired) electrons. The van der Waals surface area contributed by atoms with Crippen molar-refractivity contribution in [2.75, 3.05) is 0 Å². The normalized spacial score (nSPS) is 13.0. The van der Waals surface area contributed by atoms with E-state index in [-0.39, 0.29) is 12.1 Å². The third kappa shape index (κ3) is 28.7. The highest BCUT2D eigenvalue weighted by Crippen LogP contribution is 2.19. The van der Waals surface area contributed by atoms with E-state index in [4.69, 9.17) is 4.74 Å². The van der Waals surface area contributed by atoms with Gasteiger partial charge in [-0.25, -0.2) is 4.79 Å². The number of aliphatic hydroxyl groups is 1. The maximum atomic E-state index is 12.6. The molecule has 0 heterocycles. The molecule has 0 rings (SSSR count).